The van der Waals surface area contributed by atoms with E-state index in [1.54, 1.807) is 14.2 Å². The predicted octanol–water partition coefficient (Wildman–Crippen LogP) is 6.27. The Morgan fingerprint density at radius 3 is 2.00 bits per heavy atom. The fourth-order valence-corrected chi connectivity index (χ4v) is 3.59. The van der Waals surface area contributed by atoms with Gasteiger partial charge in [-0.15, -0.1) is 0 Å². The van der Waals surface area contributed by atoms with E-state index in [0.717, 1.165) is 44.5 Å². The molecule has 1 heterocycles. The standard InChI is InChI=1S/C27H25ClN2O2/c1-31-24-13-7-21(8-14-24)26-17-19-30(18-3-4-20-5-11-23(28)12-6-20)29-27(26)22-9-15-25(32-2)16-10-22/h3-17,19,29H,18H2,1-2H3. The lowest BCUT2D eigenvalue weighted by Crippen LogP contribution is -2.34. The molecule has 5 heteroatoms. The van der Waals surface area contributed by atoms with E-state index >= 15 is 0 Å². The maximum Gasteiger partial charge on any atom is 0.118 e. The highest BCUT2D eigenvalue weighted by Gasteiger charge is 2.16. The summed E-state index contributed by atoms with van der Waals surface area (Å²) in [5.41, 5.74) is 8.99. The molecule has 0 spiro atoms. The summed E-state index contributed by atoms with van der Waals surface area (Å²) in [6.07, 6.45) is 8.39. The molecule has 4 rings (SSSR count). The largest absolute Gasteiger partial charge is 0.497 e. The number of hydrogen-bond acceptors (Lipinski definition) is 4. The van der Waals surface area contributed by atoms with Crippen molar-refractivity contribution in [3.8, 4) is 11.5 Å². The second kappa shape index (κ2) is 10.1. The molecule has 0 aliphatic carbocycles. The van der Waals surface area contributed by atoms with Crippen LogP contribution in [0.2, 0.25) is 5.02 Å². The van der Waals surface area contributed by atoms with E-state index in [2.05, 4.69) is 59.1 Å². The summed E-state index contributed by atoms with van der Waals surface area (Å²) < 4.78 is 10.6. The Morgan fingerprint density at radius 2 is 1.41 bits per heavy atom. The molecule has 4 nitrogen and oxygen atoms in total. The van der Waals surface area contributed by atoms with Crippen LogP contribution in [-0.2, 0) is 0 Å². The average molecular weight is 445 g/mol. The zero-order valence-corrected chi connectivity index (χ0v) is 18.8. The van der Waals surface area contributed by atoms with Crippen LogP contribution in [0.15, 0.2) is 91.1 Å². The van der Waals surface area contributed by atoms with Crippen molar-refractivity contribution in [2.75, 3.05) is 20.8 Å². The normalized spacial score (nSPS) is 13.4. The number of nitrogens with one attached hydrogen (secondary N) is 1. The van der Waals surface area contributed by atoms with Crippen LogP contribution in [0.25, 0.3) is 17.3 Å². The van der Waals surface area contributed by atoms with Crippen LogP contribution in [0, 0.1) is 0 Å². The summed E-state index contributed by atoms with van der Waals surface area (Å²) in [5.74, 6) is 1.66. The second-order valence-electron chi connectivity index (χ2n) is 7.28. The molecule has 0 atom stereocenters. The first-order valence-electron chi connectivity index (χ1n) is 10.3. The smallest absolute Gasteiger partial charge is 0.118 e. The van der Waals surface area contributed by atoms with Crippen molar-refractivity contribution in [3.63, 3.8) is 0 Å². The molecular weight excluding hydrogens is 420 g/mol. The first kappa shape index (κ1) is 21.6. The van der Waals surface area contributed by atoms with Gasteiger partial charge >= 0.3 is 0 Å². The van der Waals surface area contributed by atoms with Gasteiger partial charge in [-0.2, -0.15) is 0 Å². The molecule has 0 aromatic heterocycles. The molecule has 0 amide bonds. The van der Waals surface area contributed by atoms with Gasteiger partial charge in [0.1, 0.15) is 11.5 Å². The highest BCUT2D eigenvalue weighted by Crippen LogP contribution is 2.30. The quantitative estimate of drug-likeness (QED) is 0.465. The Labute approximate surface area is 194 Å². The fourth-order valence-electron chi connectivity index (χ4n) is 3.46. The first-order valence-corrected chi connectivity index (χ1v) is 10.7. The summed E-state index contributed by atoms with van der Waals surface area (Å²) in [6.45, 7) is 0.703. The molecule has 1 aliphatic rings. The van der Waals surface area contributed by atoms with E-state index in [0.29, 0.717) is 6.54 Å². The fraction of sp³-hybridized carbons (Fsp3) is 0.111. The number of methoxy groups -OCH3 is 2. The summed E-state index contributed by atoms with van der Waals surface area (Å²) in [7, 11) is 3.35. The molecule has 1 aliphatic heterocycles. The van der Waals surface area contributed by atoms with Crippen LogP contribution in [-0.4, -0.2) is 25.8 Å². The highest BCUT2D eigenvalue weighted by atomic mass is 35.5. The van der Waals surface area contributed by atoms with E-state index in [-0.39, 0.29) is 0 Å². The molecule has 3 aromatic rings. The van der Waals surface area contributed by atoms with Crippen molar-refractivity contribution < 1.29 is 9.47 Å². The van der Waals surface area contributed by atoms with Gasteiger partial charge in [0.15, 0.2) is 0 Å². The van der Waals surface area contributed by atoms with E-state index < -0.39 is 0 Å². The lowest BCUT2D eigenvalue weighted by atomic mass is 9.98. The summed E-state index contributed by atoms with van der Waals surface area (Å²) in [6, 6.07) is 23.9. The molecule has 1 N–H and O–H groups in total. The Hall–Kier alpha value is -3.63. The molecular formula is C27H25ClN2O2. The lowest BCUT2D eigenvalue weighted by molar-refractivity contribution is 0.358. The van der Waals surface area contributed by atoms with Gasteiger partial charge in [0, 0.05) is 22.4 Å². The number of benzene rings is 3. The predicted molar refractivity (Wildman–Crippen MR) is 132 cm³/mol. The molecule has 0 radical (unpaired) electrons. The van der Waals surface area contributed by atoms with Crippen LogP contribution < -0.4 is 14.9 Å². The van der Waals surface area contributed by atoms with Crippen molar-refractivity contribution in [1.29, 1.82) is 0 Å². The summed E-state index contributed by atoms with van der Waals surface area (Å²) in [4.78, 5) is 0. The third-order valence-electron chi connectivity index (χ3n) is 5.21. The van der Waals surface area contributed by atoms with Gasteiger partial charge < -0.3 is 9.47 Å². The highest BCUT2D eigenvalue weighted by molar-refractivity contribution is 6.30. The van der Waals surface area contributed by atoms with Gasteiger partial charge in [-0.1, -0.05) is 48.0 Å². The van der Waals surface area contributed by atoms with Crippen LogP contribution in [0.5, 0.6) is 11.5 Å². The number of hydrogen-bond donors (Lipinski definition) is 1. The van der Waals surface area contributed by atoms with Gasteiger partial charge in [0.2, 0.25) is 0 Å². The van der Waals surface area contributed by atoms with E-state index in [1.807, 2.05) is 48.5 Å². The van der Waals surface area contributed by atoms with Crippen molar-refractivity contribution >= 4 is 28.9 Å². The van der Waals surface area contributed by atoms with E-state index in [1.165, 1.54) is 0 Å². The molecule has 32 heavy (non-hydrogen) atoms. The zero-order valence-electron chi connectivity index (χ0n) is 18.1. The van der Waals surface area contributed by atoms with E-state index in [9.17, 15) is 0 Å². The van der Waals surface area contributed by atoms with Crippen LogP contribution in [0.4, 0.5) is 0 Å². The molecule has 3 aromatic carbocycles. The van der Waals surface area contributed by atoms with Crippen LogP contribution in [0.3, 0.4) is 0 Å². The minimum atomic E-state index is 0.703. The van der Waals surface area contributed by atoms with Gasteiger partial charge in [-0.3, -0.25) is 10.4 Å². The number of ether oxygens (including phenoxy) is 2. The number of allylic oxidation sites excluding steroid dienone is 2. The Kier molecular flexibility index (Phi) is 6.83. The van der Waals surface area contributed by atoms with Gasteiger partial charge in [-0.25, -0.2) is 0 Å². The minimum absolute atomic E-state index is 0.703. The third kappa shape index (κ3) is 5.16. The monoisotopic (exact) mass is 444 g/mol. The molecule has 0 fully saturated rings. The second-order valence-corrected chi connectivity index (χ2v) is 7.72. The molecule has 0 bridgehead atoms. The van der Waals surface area contributed by atoms with Gasteiger partial charge in [0.05, 0.1) is 26.5 Å². The van der Waals surface area contributed by atoms with Crippen LogP contribution >= 0.6 is 11.6 Å². The maximum absolute atomic E-state index is 5.97. The number of rotatable bonds is 7. The van der Waals surface area contributed by atoms with Crippen LogP contribution in [0.1, 0.15) is 16.7 Å². The van der Waals surface area contributed by atoms with Crippen molar-refractivity contribution in [2.45, 2.75) is 0 Å². The zero-order chi connectivity index (χ0) is 22.3. The molecule has 0 unspecified atom stereocenters. The Balaban J connectivity index is 1.59. The SMILES string of the molecule is COc1ccc(C2=C(c3ccc(OC)cc3)NN(CC=Cc3ccc(Cl)cc3)C=C2)cc1. The number of hydrazine groups is 1. The van der Waals surface area contributed by atoms with Crippen molar-refractivity contribution in [1.82, 2.24) is 10.4 Å². The number of halogens is 1. The average Bonchev–Trinajstić information content (AvgIpc) is 2.85. The molecule has 162 valence electrons. The van der Waals surface area contributed by atoms with Crippen molar-refractivity contribution in [3.05, 3.63) is 113 Å². The third-order valence-corrected chi connectivity index (χ3v) is 5.46. The van der Waals surface area contributed by atoms with Gasteiger partial charge in [0.25, 0.3) is 0 Å². The Bertz CT molecular complexity index is 1130. The topological polar surface area (TPSA) is 33.7 Å². The molecule has 0 saturated carbocycles. The minimum Gasteiger partial charge on any atom is -0.497 e. The van der Waals surface area contributed by atoms with Gasteiger partial charge in [-0.05, 0) is 65.7 Å². The Morgan fingerprint density at radius 1 is 0.812 bits per heavy atom. The molecule has 0 saturated heterocycles. The summed E-state index contributed by atoms with van der Waals surface area (Å²) in [5, 5.41) is 2.79. The summed E-state index contributed by atoms with van der Waals surface area (Å²) >= 11 is 5.97. The van der Waals surface area contributed by atoms with E-state index in [4.69, 9.17) is 21.1 Å². The lowest BCUT2D eigenvalue weighted by Gasteiger charge is -2.29. The maximum atomic E-state index is 5.97. The van der Waals surface area contributed by atoms with Crippen molar-refractivity contribution in [2.24, 2.45) is 0 Å². The number of nitrogens with zero attached hydrogens (tertiary/aromatic N) is 1. The first-order chi connectivity index (χ1) is 15.7.